The Morgan fingerprint density at radius 3 is 2.67 bits per heavy atom. The summed E-state index contributed by atoms with van der Waals surface area (Å²) in [7, 11) is 1.61. The van der Waals surface area contributed by atoms with Crippen LogP contribution < -0.4 is 5.32 Å². The Morgan fingerprint density at radius 2 is 1.97 bits per heavy atom. The summed E-state index contributed by atoms with van der Waals surface area (Å²) in [5, 5.41) is 12.3. The topological polar surface area (TPSA) is 86.2 Å². The number of methoxy groups -OCH3 is 1. The van der Waals surface area contributed by atoms with E-state index < -0.39 is 5.41 Å². The van der Waals surface area contributed by atoms with Crippen LogP contribution in [0.4, 0.5) is 5.13 Å². The van der Waals surface area contributed by atoms with Gasteiger partial charge in [-0.2, -0.15) is 0 Å². The van der Waals surface area contributed by atoms with Crippen LogP contribution >= 0.6 is 11.3 Å². The molecule has 7 nitrogen and oxygen atoms in total. The lowest BCUT2D eigenvalue weighted by molar-refractivity contribution is -0.131. The predicted molar refractivity (Wildman–Crippen MR) is 115 cm³/mol. The van der Waals surface area contributed by atoms with Crippen molar-refractivity contribution in [1.29, 1.82) is 0 Å². The molecule has 3 heterocycles. The zero-order chi connectivity index (χ0) is 20.8. The van der Waals surface area contributed by atoms with E-state index >= 15 is 0 Å². The molecule has 0 bridgehead atoms. The molecule has 1 fully saturated rings. The first-order valence-corrected chi connectivity index (χ1v) is 10.7. The number of hydrogen-bond donors (Lipinski definition) is 1. The van der Waals surface area contributed by atoms with E-state index in [1.54, 1.807) is 13.3 Å². The van der Waals surface area contributed by atoms with Crippen LogP contribution in [0.2, 0.25) is 0 Å². The lowest BCUT2D eigenvalue weighted by atomic mass is 9.74. The van der Waals surface area contributed by atoms with Crippen LogP contribution in [0.5, 0.6) is 0 Å². The standard InChI is InChI=1S/C22H24N4O3S/c1-28-15-19-25-26-21(30-19)24-20(27)22(8-11-29-12-9-22)13-16-4-6-17(7-5-16)18-3-2-10-23-14-18/h2-7,10,14H,8-9,11-13,15H2,1H3,(H,24,26,27). The molecule has 0 unspecified atom stereocenters. The number of amides is 1. The highest BCUT2D eigenvalue weighted by molar-refractivity contribution is 7.15. The van der Waals surface area contributed by atoms with Crippen molar-refractivity contribution in [1.82, 2.24) is 15.2 Å². The summed E-state index contributed by atoms with van der Waals surface area (Å²) >= 11 is 1.34. The van der Waals surface area contributed by atoms with Crippen molar-refractivity contribution in [3.05, 3.63) is 59.4 Å². The number of hydrogen-bond acceptors (Lipinski definition) is 7. The van der Waals surface area contributed by atoms with E-state index in [-0.39, 0.29) is 5.91 Å². The summed E-state index contributed by atoms with van der Waals surface area (Å²) in [6.45, 7) is 1.54. The summed E-state index contributed by atoms with van der Waals surface area (Å²) in [4.78, 5) is 17.5. The lowest BCUT2D eigenvalue weighted by Gasteiger charge is -2.35. The summed E-state index contributed by atoms with van der Waals surface area (Å²) in [5.41, 5.74) is 2.78. The fourth-order valence-electron chi connectivity index (χ4n) is 3.70. The zero-order valence-electron chi connectivity index (χ0n) is 16.8. The smallest absolute Gasteiger partial charge is 0.232 e. The first kappa shape index (κ1) is 20.6. The van der Waals surface area contributed by atoms with Gasteiger partial charge in [0.25, 0.3) is 0 Å². The molecular weight excluding hydrogens is 400 g/mol. The first-order valence-electron chi connectivity index (χ1n) is 9.88. The van der Waals surface area contributed by atoms with E-state index in [1.807, 2.05) is 18.3 Å². The second-order valence-corrected chi connectivity index (χ2v) is 8.46. The van der Waals surface area contributed by atoms with Crippen LogP contribution in [0, 0.1) is 5.41 Å². The molecule has 1 N–H and O–H groups in total. The van der Waals surface area contributed by atoms with Gasteiger partial charge in [0.1, 0.15) is 11.6 Å². The summed E-state index contributed by atoms with van der Waals surface area (Å²) in [6.07, 6.45) is 5.61. The summed E-state index contributed by atoms with van der Waals surface area (Å²) in [6, 6.07) is 12.3. The number of nitrogens with zero attached hydrogens (tertiary/aromatic N) is 3. The molecule has 1 aliphatic rings. The molecule has 0 atom stereocenters. The van der Waals surface area contributed by atoms with E-state index in [9.17, 15) is 4.79 Å². The fraction of sp³-hybridized carbons (Fsp3) is 0.364. The quantitative estimate of drug-likeness (QED) is 0.622. The minimum Gasteiger partial charge on any atom is -0.381 e. The van der Waals surface area contributed by atoms with Crippen molar-refractivity contribution >= 4 is 22.4 Å². The molecule has 0 aliphatic carbocycles. The van der Waals surface area contributed by atoms with Gasteiger partial charge in [-0.3, -0.25) is 9.78 Å². The van der Waals surface area contributed by atoms with Crippen molar-refractivity contribution < 1.29 is 14.3 Å². The Morgan fingerprint density at radius 1 is 1.17 bits per heavy atom. The molecule has 1 amide bonds. The van der Waals surface area contributed by atoms with Gasteiger partial charge < -0.3 is 14.8 Å². The van der Waals surface area contributed by atoms with Crippen LogP contribution in [0.15, 0.2) is 48.8 Å². The fourth-order valence-corrected chi connectivity index (χ4v) is 4.41. The van der Waals surface area contributed by atoms with Gasteiger partial charge in [-0.15, -0.1) is 10.2 Å². The van der Waals surface area contributed by atoms with E-state index in [4.69, 9.17) is 9.47 Å². The molecule has 0 spiro atoms. The average molecular weight is 425 g/mol. The molecule has 1 aromatic carbocycles. The number of nitrogens with one attached hydrogen (secondary N) is 1. The zero-order valence-corrected chi connectivity index (χ0v) is 17.7. The van der Waals surface area contributed by atoms with Gasteiger partial charge in [-0.1, -0.05) is 41.7 Å². The highest BCUT2D eigenvalue weighted by atomic mass is 32.1. The predicted octanol–water partition coefficient (Wildman–Crippen LogP) is 3.72. The van der Waals surface area contributed by atoms with Gasteiger partial charge in [0.15, 0.2) is 0 Å². The molecule has 2 aromatic heterocycles. The second-order valence-electron chi connectivity index (χ2n) is 7.40. The van der Waals surface area contributed by atoms with Crippen LogP contribution in [0.25, 0.3) is 11.1 Å². The van der Waals surface area contributed by atoms with Gasteiger partial charge in [0, 0.05) is 32.7 Å². The Bertz CT molecular complexity index is 970. The van der Waals surface area contributed by atoms with Gasteiger partial charge in [-0.05, 0) is 42.0 Å². The van der Waals surface area contributed by atoms with Crippen LogP contribution in [0.1, 0.15) is 23.4 Å². The molecule has 0 saturated carbocycles. The maximum atomic E-state index is 13.3. The highest BCUT2D eigenvalue weighted by Gasteiger charge is 2.40. The number of carbonyl (C=O) groups excluding carboxylic acids is 1. The van der Waals surface area contributed by atoms with Crippen molar-refractivity contribution in [2.75, 3.05) is 25.6 Å². The van der Waals surface area contributed by atoms with Crippen molar-refractivity contribution in [3.8, 4) is 11.1 Å². The monoisotopic (exact) mass is 424 g/mol. The molecule has 156 valence electrons. The molecule has 30 heavy (non-hydrogen) atoms. The van der Waals surface area contributed by atoms with Gasteiger partial charge in [-0.25, -0.2) is 0 Å². The van der Waals surface area contributed by atoms with E-state index in [0.717, 1.165) is 21.7 Å². The largest absolute Gasteiger partial charge is 0.381 e. The third-order valence-corrected chi connectivity index (χ3v) is 6.19. The molecule has 3 aromatic rings. The number of pyridine rings is 1. The van der Waals surface area contributed by atoms with Crippen LogP contribution in [-0.4, -0.2) is 41.4 Å². The Labute approximate surface area is 179 Å². The third-order valence-electron chi connectivity index (χ3n) is 5.38. The number of benzene rings is 1. The van der Waals surface area contributed by atoms with E-state index in [2.05, 4.69) is 44.8 Å². The molecule has 1 aliphatic heterocycles. The summed E-state index contributed by atoms with van der Waals surface area (Å²) < 4.78 is 10.6. The number of ether oxygens (including phenoxy) is 2. The van der Waals surface area contributed by atoms with Gasteiger partial charge in [0.2, 0.25) is 11.0 Å². The average Bonchev–Trinajstić information content (AvgIpc) is 3.23. The highest BCUT2D eigenvalue weighted by Crippen LogP contribution is 2.36. The van der Waals surface area contributed by atoms with Crippen molar-refractivity contribution in [3.63, 3.8) is 0 Å². The minimum atomic E-state index is -0.527. The second kappa shape index (κ2) is 9.42. The molecule has 1 saturated heterocycles. The molecule has 0 radical (unpaired) electrons. The Kier molecular flexibility index (Phi) is 6.47. The molecule has 8 heteroatoms. The van der Waals surface area contributed by atoms with Gasteiger partial charge >= 0.3 is 0 Å². The number of aromatic nitrogens is 3. The van der Waals surface area contributed by atoms with Crippen molar-refractivity contribution in [2.45, 2.75) is 25.9 Å². The number of rotatable bonds is 7. The maximum Gasteiger partial charge on any atom is 0.232 e. The maximum absolute atomic E-state index is 13.3. The normalized spacial score (nSPS) is 15.6. The number of anilines is 1. The van der Waals surface area contributed by atoms with E-state index in [0.29, 0.717) is 44.2 Å². The summed E-state index contributed by atoms with van der Waals surface area (Å²) in [5.74, 6) is -0.0257. The SMILES string of the molecule is COCc1nnc(NC(=O)C2(Cc3ccc(-c4cccnc4)cc3)CCOCC2)s1. The van der Waals surface area contributed by atoms with Crippen LogP contribution in [-0.2, 0) is 27.3 Å². The minimum absolute atomic E-state index is 0.0257. The van der Waals surface area contributed by atoms with E-state index in [1.165, 1.54) is 11.3 Å². The van der Waals surface area contributed by atoms with Crippen molar-refractivity contribution in [2.24, 2.45) is 5.41 Å². The lowest BCUT2D eigenvalue weighted by Crippen LogP contribution is -2.42. The van der Waals surface area contributed by atoms with Gasteiger partial charge in [0.05, 0.1) is 5.41 Å². The molecule has 4 rings (SSSR count). The Hall–Kier alpha value is -2.68. The first-order chi connectivity index (χ1) is 14.7. The Balaban J connectivity index is 1.50. The number of carbonyl (C=O) groups is 1. The van der Waals surface area contributed by atoms with Crippen LogP contribution in [0.3, 0.4) is 0 Å². The third kappa shape index (κ3) is 4.72. The molecular formula is C22H24N4O3S.